The molecule has 1 unspecified atom stereocenters. The van der Waals surface area contributed by atoms with Crippen molar-refractivity contribution in [3.63, 3.8) is 0 Å². The highest BCUT2D eigenvalue weighted by atomic mass is 16.5. The summed E-state index contributed by atoms with van der Waals surface area (Å²) in [5.74, 6) is 0.819. The fraction of sp³-hybridized carbons (Fsp3) is 0.500. The SMILES string of the molecule is C=Nc1ncc(C#N)c([NH2+]C(C)C)c1C(=N)c1cc(C2CC2)nn1C1CCCCO1. The molecular weight excluding hydrogens is 378 g/mol. The first-order valence-electron chi connectivity index (χ1n) is 10.6. The summed E-state index contributed by atoms with van der Waals surface area (Å²) in [7, 11) is 0. The average molecular weight is 407 g/mol. The Morgan fingerprint density at radius 1 is 1.40 bits per heavy atom. The van der Waals surface area contributed by atoms with Crippen LogP contribution in [0.4, 0.5) is 11.5 Å². The lowest BCUT2D eigenvalue weighted by Gasteiger charge is -2.25. The number of hydrogen-bond acceptors (Lipinski definition) is 6. The third kappa shape index (κ3) is 3.91. The molecule has 4 rings (SSSR count). The van der Waals surface area contributed by atoms with Crippen molar-refractivity contribution in [2.24, 2.45) is 4.99 Å². The van der Waals surface area contributed by atoms with Crippen LogP contribution < -0.4 is 5.32 Å². The van der Waals surface area contributed by atoms with Gasteiger partial charge in [-0.05, 0) is 58.7 Å². The zero-order valence-corrected chi connectivity index (χ0v) is 17.6. The van der Waals surface area contributed by atoms with Crippen molar-refractivity contribution in [3.8, 4) is 6.07 Å². The van der Waals surface area contributed by atoms with Gasteiger partial charge in [-0.15, -0.1) is 0 Å². The van der Waals surface area contributed by atoms with Gasteiger partial charge in [0.2, 0.25) is 0 Å². The molecule has 2 aromatic heterocycles. The zero-order chi connectivity index (χ0) is 21.3. The summed E-state index contributed by atoms with van der Waals surface area (Å²) in [6, 6.07) is 4.41. The number of aromatic nitrogens is 3. The van der Waals surface area contributed by atoms with Crippen LogP contribution in [0.1, 0.15) is 80.6 Å². The summed E-state index contributed by atoms with van der Waals surface area (Å²) in [6.07, 6.45) is 6.59. The highest BCUT2D eigenvalue weighted by Gasteiger charge is 2.33. The Balaban J connectivity index is 1.85. The fourth-order valence-electron chi connectivity index (χ4n) is 3.92. The molecule has 1 aliphatic carbocycles. The van der Waals surface area contributed by atoms with E-state index in [1.54, 1.807) is 0 Å². The van der Waals surface area contributed by atoms with Crippen molar-refractivity contribution < 1.29 is 10.1 Å². The molecule has 30 heavy (non-hydrogen) atoms. The number of aliphatic imine (C=N–C) groups is 1. The largest absolute Gasteiger partial charge is 0.356 e. The molecule has 8 heteroatoms. The first-order chi connectivity index (χ1) is 14.5. The van der Waals surface area contributed by atoms with Gasteiger partial charge in [0.15, 0.2) is 17.7 Å². The van der Waals surface area contributed by atoms with Crippen LogP contribution in [-0.4, -0.2) is 39.8 Å². The molecule has 2 aromatic rings. The van der Waals surface area contributed by atoms with E-state index in [0.29, 0.717) is 40.9 Å². The van der Waals surface area contributed by atoms with E-state index in [0.717, 1.165) is 37.8 Å². The minimum absolute atomic E-state index is 0.175. The number of ether oxygens (including phenoxy) is 1. The van der Waals surface area contributed by atoms with E-state index in [4.69, 9.17) is 15.2 Å². The van der Waals surface area contributed by atoms with Gasteiger partial charge in [-0.2, -0.15) is 10.4 Å². The van der Waals surface area contributed by atoms with Crippen molar-refractivity contribution in [1.82, 2.24) is 14.8 Å². The lowest BCUT2D eigenvalue weighted by atomic mass is 10.0. The Hall–Kier alpha value is -2.89. The molecule has 3 N–H and O–H groups in total. The molecule has 0 amide bonds. The number of quaternary nitrogens is 1. The topological polar surface area (TPSA) is 117 Å². The first kappa shape index (κ1) is 20.4. The van der Waals surface area contributed by atoms with E-state index in [1.807, 2.05) is 29.9 Å². The molecule has 1 aliphatic heterocycles. The Morgan fingerprint density at radius 2 is 2.20 bits per heavy atom. The van der Waals surface area contributed by atoms with Gasteiger partial charge in [-0.1, -0.05) is 0 Å². The second-order valence-electron chi connectivity index (χ2n) is 8.33. The van der Waals surface area contributed by atoms with E-state index >= 15 is 0 Å². The molecule has 2 fully saturated rings. The van der Waals surface area contributed by atoms with Crippen LogP contribution in [0.25, 0.3) is 0 Å². The van der Waals surface area contributed by atoms with Gasteiger partial charge in [0.1, 0.15) is 17.2 Å². The summed E-state index contributed by atoms with van der Waals surface area (Å²) < 4.78 is 7.85. The minimum atomic E-state index is -0.175. The number of rotatable bonds is 7. The maximum absolute atomic E-state index is 9.65. The molecule has 1 atom stereocenters. The van der Waals surface area contributed by atoms with Crippen molar-refractivity contribution in [3.05, 3.63) is 34.8 Å². The maximum atomic E-state index is 9.65. The normalized spacial score (nSPS) is 18.9. The predicted molar refractivity (Wildman–Crippen MR) is 114 cm³/mol. The molecule has 1 saturated heterocycles. The van der Waals surface area contributed by atoms with Crippen LogP contribution in [0, 0.1) is 16.7 Å². The quantitative estimate of drug-likeness (QED) is 0.687. The Labute approximate surface area is 176 Å². The summed E-state index contributed by atoms with van der Waals surface area (Å²) in [5.41, 5.74) is 3.58. The third-order valence-electron chi connectivity index (χ3n) is 5.55. The molecule has 3 heterocycles. The van der Waals surface area contributed by atoms with Crippen molar-refractivity contribution in [2.45, 2.75) is 64.1 Å². The van der Waals surface area contributed by atoms with Gasteiger partial charge in [0.05, 0.1) is 29.3 Å². The molecule has 0 spiro atoms. The van der Waals surface area contributed by atoms with E-state index in [-0.39, 0.29) is 18.0 Å². The van der Waals surface area contributed by atoms with Crippen molar-refractivity contribution in [2.75, 3.05) is 6.61 Å². The Bertz CT molecular complexity index is 1010. The van der Waals surface area contributed by atoms with Gasteiger partial charge >= 0.3 is 0 Å². The predicted octanol–water partition coefficient (Wildman–Crippen LogP) is 3.08. The molecule has 2 aliphatic rings. The van der Waals surface area contributed by atoms with Gasteiger partial charge in [0, 0.05) is 12.5 Å². The highest BCUT2D eigenvalue weighted by Crippen LogP contribution is 2.41. The summed E-state index contributed by atoms with van der Waals surface area (Å²) in [5, 5.41) is 25.6. The van der Waals surface area contributed by atoms with Crippen LogP contribution in [0.2, 0.25) is 0 Å². The average Bonchev–Trinajstić information content (AvgIpc) is 3.51. The Kier molecular flexibility index (Phi) is 5.75. The van der Waals surface area contributed by atoms with Crippen molar-refractivity contribution in [1.29, 1.82) is 10.7 Å². The summed E-state index contributed by atoms with van der Waals surface area (Å²) in [4.78, 5) is 8.37. The monoisotopic (exact) mass is 406 g/mol. The second kappa shape index (κ2) is 8.46. The molecule has 8 nitrogen and oxygen atoms in total. The van der Waals surface area contributed by atoms with E-state index in [9.17, 15) is 5.26 Å². The molecule has 1 saturated carbocycles. The van der Waals surface area contributed by atoms with Crippen LogP contribution >= 0.6 is 0 Å². The summed E-state index contributed by atoms with van der Waals surface area (Å²) >= 11 is 0. The number of nitrogens with two attached hydrogens (primary N) is 1. The molecule has 0 aromatic carbocycles. The summed E-state index contributed by atoms with van der Waals surface area (Å²) in [6.45, 7) is 8.43. The number of nitrogens with one attached hydrogen (secondary N) is 1. The van der Waals surface area contributed by atoms with Crippen LogP contribution in [0.5, 0.6) is 0 Å². The van der Waals surface area contributed by atoms with Gasteiger partial charge in [-0.25, -0.2) is 14.7 Å². The fourth-order valence-corrected chi connectivity index (χ4v) is 3.92. The number of nitriles is 1. The molecular formula is C22H28N7O+. The zero-order valence-electron chi connectivity index (χ0n) is 17.6. The van der Waals surface area contributed by atoms with Gasteiger partial charge in [-0.3, -0.25) is 5.41 Å². The highest BCUT2D eigenvalue weighted by molar-refractivity contribution is 6.15. The van der Waals surface area contributed by atoms with Crippen LogP contribution in [0.15, 0.2) is 17.3 Å². The number of pyridine rings is 1. The smallest absolute Gasteiger partial charge is 0.166 e. The third-order valence-corrected chi connectivity index (χ3v) is 5.55. The van der Waals surface area contributed by atoms with Gasteiger partial charge in [0.25, 0.3) is 0 Å². The second-order valence-corrected chi connectivity index (χ2v) is 8.33. The Morgan fingerprint density at radius 3 is 2.80 bits per heavy atom. The molecule has 0 radical (unpaired) electrons. The first-order valence-corrected chi connectivity index (χ1v) is 10.6. The number of hydrogen-bond donors (Lipinski definition) is 2. The standard InChI is InChI=1S/C22H27N7O/c1-13(2)27-21-15(11-23)12-26-22(25-3)19(21)20(24)17-10-16(14-7-8-14)28-29(17)18-6-4-5-9-30-18/h10,12-14,18,24H,3-9H2,1-2H3,(H,26,27)/p+1. The maximum Gasteiger partial charge on any atom is 0.166 e. The van der Waals surface area contributed by atoms with Crippen LogP contribution in [0.3, 0.4) is 0 Å². The van der Waals surface area contributed by atoms with E-state index < -0.39 is 0 Å². The lowest BCUT2D eigenvalue weighted by molar-refractivity contribution is -0.603. The van der Waals surface area contributed by atoms with Crippen LogP contribution in [-0.2, 0) is 4.74 Å². The van der Waals surface area contributed by atoms with Crippen molar-refractivity contribution >= 4 is 23.9 Å². The molecule has 0 bridgehead atoms. The van der Waals surface area contributed by atoms with E-state index in [2.05, 4.69) is 22.8 Å². The minimum Gasteiger partial charge on any atom is -0.356 e. The van der Waals surface area contributed by atoms with E-state index in [1.165, 1.54) is 6.20 Å². The van der Waals surface area contributed by atoms with Gasteiger partial charge < -0.3 is 10.1 Å². The molecule has 156 valence electrons. The number of nitrogens with zero attached hydrogens (tertiary/aromatic N) is 5. The lowest BCUT2D eigenvalue weighted by Crippen LogP contribution is -2.83.